The van der Waals surface area contributed by atoms with Gasteiger partial charge in [-0.1, -0.05) is 33.8 Å². The molecule has 3 fully saturated rings. The Morgan fingerprint density at radius 3 is 2.61 bits per heavy atom. The summed E-state index contributed by atoms with van der Waals surface area (Å²) in [5.74, 6) is -2.52. The molecule has 0 aliphatic carbocycles. The molecular weight excluding hydrogens is 877 g/mol. The van der Waals surface area contributed by atoms with Gasteiger partial charge in [-0.25, -0.2) is 15.2 Å². The van der Waals surface area contributed by atoms with Gasteiger partial charge in [-0.3, -0.25) is 29.2 Å². The number of cyclic esters (lactones) is 1. The summed E-state index contributed by atoms with van der Waals surface area (Å²) in [5, 5.41) is 8.08. The van der Waals surface area contributed by atoms with E-state index in [0.29, 0.717) is 63.5 Å². The number of ether oxygens (including phenoxy) is 4. The van der Waals surface area contributed by atoms with E-state index in [1.54, 1.807) is 20.4 Å². The molecule has 67 heavy (non-hydrogen) atoms. The summed E-state index contributed by atoms with van der Waals surface area (Å²) in [6, 6.07) is 7.57. The molecule has 17 nitrogen and oxygen atoms in total. The average Bonchev–Trinajstić information content (AvgIpc) is 4.06. The minimum Gasteiger partial charge on any atom is -0.464 e. The number of hydrogen-bond acceptors (Lipinski definition) is 13. The van der Waals surface area contributed by atoms with E-state index in [9.17, 15) is 24.0 Å². The Hall–Kier alpha value is -5.43. The second kappa shape index (κ2) is 20.0. The Morgan fingerprint density at radius 1 is 1.10 bits per heavy atom. The first-order valence-corrected chi connectivity index (χ1v) is 24.4. The number of hydrogen-bond donors (Lipinski definition) is 2. The van der Waals surface area contributed by atoms with Crippen molar-refractivity contribution < 1.29 is 42.9 Å². The zero-order chi connectivity index (χ0) is 47.7. The third kappa shape index (κ3) is 10.1. The number of benzene rings is 1. The summed E-state index contributed by atoms with van der Waals surface area (Å²) in [6.07, 6.45) is 2.83. The van der Waals surface area contributed by atoms with Crippen molar-refractivity contribution in [3.63, 3.8) is 0 Å². The van der Waals surface area contributed by atoms with Crippen LogP contribution in [0.1, 0.15) is 83.2 Å². The maximum absolute atomic E-state index is 14.6. The number of methoxy groups -OCH3 is 1. The number of pyridine rings is 1. The molecule has 0 radical (unpaired) electrons. The molecule has 0 saturated carbocycles. The van der Waals surface area contributed by atoms with Gasteiger partial charge in [-0.15, -0.1) is 11.3 Å². The lowest BCUT2D eigenvalue weighted by molar-refractivity contribution is -0.155. The number of thiazole rings is 1. The van der Waals surface area contributed by atoms with Gasteiger partial charge in [0, 0.05) is 85.8 Å². The normalized spacial score (nSPS) is 22.2. The summed E-state index contributed by atoms with van der Waals surface area (Å²) in [4.78, 5) is 82.7. The van der Waals surface area contributed by atoms with Crippen molar-refractivity contribution in [2.24, 2.45) is 17.3 Å². The van der Waals surface area contributed by atoms with E-state index in [2.05, 4.69) is 60.3 Å². The third-order valence-corrected chi connectivity index (χ3v) is 14.4. The predicted octanol–water partition coefficient (Wildman–Crippen LogP) is 5.54. The van der Waals surface area contributed by atoms with Crippen molar-refractivity contribution in [2.75, 3.05) is 53.6 Å². The molecule has 360 valence electrons. The number of carbonyl (C=O) groups excluding carboxylic acids is 5. The Labute approximate surface area is 395 Å². The van der Waals surface area contributed by atoms with Crippen molar-refractivity contribution >= 4 is 52.0 Å². The van der Waals surface area contributed by atoms with Gasteiger partial charge in [0.1, 0.15) is 18.1 Å². The fraction of sp³-hybridized carbons (Fsp3) is 0.571. The number of likely N-dealkylation sites (N-methyl/N-ethyl adjacent to an activating group) is 1. The van der Waals surface area contributed by atoms with Crippen LogP contribution in [-0.4, -0.2) is 137 Å². The molecule has 4 aliphatic rings. The quantitative estimate of drug-likeness (QED) is 0.190. The van der Waals surface area contributed by atoms with Crippen LogP contribution in [-0.2, 0) is 57.5 Å². The molecule has 4 aliphatic heterocycles. The van der Waals surface area contributed by atoms with E-state index >= 15 is 0 Å². The first-order valence-electron chi connectivity index (χ1n) is 23.5. The monoisotopic (exact) mass is 940 g/mol. The molecule has 3 saturated heterocycles. The minimum absolute atomic E-state index is 0.0657. The van der Waals surface area contributed by atoms with Crippen LogP contribution >= 0.6 is 11.3 Å². The highest BCUT2D eigenvalue weighted by Crippen LogP contribution is 2.42. The lowest BCUT2D eigenvalue weighted by Crippen LogP contribution is -2.62. The van der Waals surface area contributed by atoms with E-state index in [1.807, 2.05) is 32.2 Å². The number of esters is 1. The lowest BCUT2D eigenvalue weighted by atomic mass is 9.84. The highest BCUT2D eigenvalue weighted by atomic mass is 32.1. The second-order valence-corrected chi connectivity index (χ2v) is 20.3. The van der Waals surface area contributed by atoms with Crippen LogP contribution in [0.5, 0.6) is 0 Å². The number of aryl methyl sites for hydroxylation is 1. The fourth-order valence-electron chi connectivity index (χ4n) is 9.80. The van der Waals surface area contributed by atoms with Crippen LogP contribution in [0.4, 0.5) is 4.79 Å². The molecule has 18 heteroatoms. The average molecular weight is 941 g/mol. The fourth-order valence-corrected chi connectivity index (χ4v) is 10.6. The second-order valence-electron chi connectivity index (χ2n) is 19.4. The lowest BCUT2D eigenvalue weighted by Gasteiger charge is -2.37. The standard InChI is InChI=1S/C49H64N8O9S/c1-9-56-39-15-14-30-20-34(39)35(43(56)33-12-10-17-50-41(33)29(4)63-8)22-49(5,6)27-65-47(61)36-13-11-18-57(53-36)46(60)37(21-40-51-38(30)26-67-40)52-44(58)42(28(2)3)54(7)45(59)31-16-19-55(23-31)48(62)66-32-24-64-25-32/h10,12,14-15,17,20,26,28-29,31-32,36-37,42,53H,9,11,13,16,18-19,21-25,27H2,1-8H3,(H,52,58)/t29-,31-,36-,37-,42?/m0/s1. The number of likely N-dealkylation sites (tertiary alicyclic amines) is 1. The number of nitrogens with zero attached hydrogens (tertiary/aromatic N) is 6. The predicted molar refractivity (Wildman–Crippen MR) is 251 cm³/mol. The van der Waals surface area contributed by atoms with Crippen LogP contribution in [0.15, 0.2) is 41.9 Å². The van der Waals surface area contributed by atoms with Crippen molar-refractivity contribution in [1.82, 2.24) is 40.1 Å². The van der Waals surface area contributed by atoms with Crippen LogP contribution in [0.2, 0.25) is 0 Å². The number of carbonyl (C=O) groups is 5. The molecule has 4 amide bonds. The molecule has 1 unspecified atom stereocenters. The van der Waals surface area contributed by atoms with Crippen molar-refractivity contribution in [2.45, 2.75) is 111 Å². The van der Waals surface area contributed by atoms with E-state index in [4.69, 9.17) is 28.9 Å². The van der Waals surface area contributed by atoms with Crippen molar-refractivity contribution in [3.05, 3.63) is 58.2 Å². The van der Waals surface area contributed by atoms with Gasteiger partial charge in [0.2, 0.25) is 11.8 Å². The Bertz CT molecular complexity index is 2500. The Morgan fingerprint density at radius 2 is 1.90 bits per heavy atom. The molecule has 6 bridgehead atoms. The number of nitrogens with one attached hydrogen (secondary N) is 2. The highest BCUT2D eigenvalue weighted by molar-refractivity contribution is 7.10. The Balaban J connectivity index is 1.12. The summed E-state index contributed by atoms with van der Waals surface area (Å²) in [6.45, 7) is 14.4. The SMILES string of the molecule is CCn1c(-c2cccnc2[C@H](C)OC)c2c3cc(ccc31)-c1csc(n1)C[C@H](NC(=O)C(C(C)C)N(C)C(=O)[C@H]1CCN(C(=O)OC3COC3)C1)C(=O)N1CCC[C@H](N1)C(=O)OCC(C)(C)C2. The largest absolute Gasteiger partial charge is 0.464 e. The number of aromatic nitrogens is 3. The zero-order valence-electron chi connectivity index (χ0n) is 39.8. The summed E-state index contributed by atoms with van der Waals surface area (Å²) in [5.41, 5.74) is 9.22. The molecular formula is C49H64N8O9S. The third-order valence-electron chi connectivity index (χ3n) is 13.5. The summed E-state index contributed by atoms with van der Waals surface area (Å²) >= 11 is 1.40. The smallest absolute Gasteiger partial charge is 0.410 e. The molecule has 8 rings (SSSR count). The van der Waals surface area contributed by atoms with E-state index < -0.39 is 53.3 Å². The van der Waals surface area contributed by atoms with Crippen molar-refractivity contribution in [3.8, 4) is 22.5 Å². The van der Waals surface area contributed by atoms with E-state index in [-0.39, 0.29) is 43.6 Å². The van der Waals surface area contributed by atoms with Crippen LogP contribution in [0.25, 0.3) is 33.4 Å². The first kappa shape index (κ1) is 48.0. The highest BCUT2D eigenvalue weighted by Gasteiger charge is 2.41. The van der Waals surface area contributed by atoms with Gasteiger partial charge < -0.3 is 38.6 Å². The molecule has 5 atom stereocenters. The van der Waals surface area contributed by atoms with Gasteiger partial charge >= 0.3 is 12.1 Å². The number of rotatable bonds is 10. The van der Waals surface area contributed by atoms with Crippen molar-refractivity contribution in [1.29, 1.82) is 0 Å². The molecule has 7 heterocycles. The van der Waals surface area contributed by atoms with Crippen LogP contribution < -0.4 is 10.7 Å². The van der Waals surface area contributed by atoms with Gasteiger partial charge in [-0.05, 0) is 75.3 Å². The maximum atomic E-state index is 14.6. The van der Waals surface area contributed by atoms with E-state index in [1.165, 1.54) is 26.1 Å². The minimum atomic E-state index is -1.10. The summed E-state index contributed by atoms with van der Waals surface area (Å²) in [7, 11) is 3.28. The molecule has 2 N–H and O–H groups in total. The first-order chi connectivity index (χ1) is 32.1. The Kier molecular flexibility index (Phi) is 14.4. The molecule has 0 spiro atoms. The summed E-state index contributed by atoms with van der Waals surface area (Å²) < 4.78 is 24.8. The topological polar surface area (TPSA) is 187 Å². The number of hydrazine groups is 1. The van der Waals surface area contributed by atoms with Crippen LogP contribution in [0.3, 0.4) is 0 Å². The number of fused-ring (bicyclic) bond motifs is 6. The molecule has 4 aromatic rings. The van der Waals surface area contributed by atoms with Gasteiger partial charge in [-0.2, -0.15) is 0 Å². The maximum Gasteiger partial charge on any atom is 0.410 e. The van der Waals surface area contributed by atoms with Crippen LogP contribution in [0, 0.1) is 17.3 Å². The zero-order valence-corrected chi connectivity index (χ0v) is 40.7. The van der Waals surface area contributed by atoms with Gasteiger partial charge in [0.25, 0.3) is 5.91 Å². The number of amides is 4. The van der Waals surface area contributed by atoms with Gasteiger partial charge in [0.15, 0.2) is 6.10 Å². The van der Waals surface area contributed by atoms with Gasteiger partial charge in [0.05, 0.1) is 53.9 Å². The molecule has 1 aromatic carbocycles. The van der Waals surface area contributed by atoms with E-state index in [0.717, 1.165) is 44.7 Å². The molecule has 3 aromatic heterocycles.